The maximum atomic E-state index is 12.4. The van der Waals surface area contributed by atoms with Crippen molar-refractivity contribution in [3.8, 4) is 11.5 Å². The Bertz CT molecular complexity index is 909. The zero-order chi connectivity index (χ0) is 19.4. The molecule has 0 amide bonds. The number of allylic oxidation sites excluding steroid dienone is 3. The van der Waals surface area contributed by atoms with E-state index in [-0.39, 0.29) is 17.5 Å². The Balaban J connectivity index is 1.79. The zero-order valence-corrected chi connectivity index (χ0v) is 15.3. The second-order valence-corrected chi connectivity index (χ2v) is 6.79. The molecule has 0 spiro atoms. The highest BCUT2D eigenvalue weighted by Crippen LogP contribution is 2.34. The first-order valence-corrected chi connectivity index (χ1v) is 8.91. The van der Waals surface area contributed by atoms with Crippen molar-refractivity contribution in [2.45, 2.75) is 26.2 Å². The number of esters is 1. The molecule has 1 aliphatic carbocycles. The van der Waals surface area contributed by atoms with Crippen molar-refractivity contribution in [2.75, 3.05) is 0 Å². The summed E-state index contributed by atoms with van der Waals surface area (Å²) in [5.41, 5.74) is 2.57. The molecule has 4 heteroatoms. The smallest absolute Gasteiger partial charge is 0.343 e. The molecule has 4 nitrogen and oxygen atoms in total. The number of benzene rings is 2. The molecule has 0 unspecified atom stereocenters. The van der Waals surface area contributed by atoms with E-state index in [0.29, 0.717) is 29.7 Å². The molecule has 2 aromatic rings. The molecule has 0 saturated carbocycles. The molecule has 138 valence electrons. The van der Waals surface area contributed by atoms with E-state index < -0.39 is 5.97 Å². The van der Waals surface area contributed by atoms with Crippen LogP contribution in [0.2, 0.25) is 0 Å². The van der Waals surface area contributed by atoms with E-state index in [1.165, 1.54) is 0 Å². The molecule has 1 atom stereocenters. The highest BCUT2D eigenvalue weighted by atomic mass is 16.5. The molecule has 3 rings (SSSR count). The van der Waals surface area contributed by atoms with E-state index >= 15 is 0 Å². The quantitative estimate of drug-likeness (QED) is 0.478. The van der Waals surface area contributed by atoms with Gasteiger partial charge in [0.2, 0.25) is 0 Å². The number of Topliss-reactive ketones (excluding diaryl/α,β-unsaturated/α-hetero) is 1. The van der Waals surface area contributed by atoms with Crippen LogP contribution in [0.25, 0.3) is 0 Å². The van der Waals surface area contributed by atoms with Gasteiger partial charge >= 0.3 is 5.97 Å². The summed E-state index contributed by atoms with van der Waals surface area (Å²) in [6.07, 6.45) is 3.45. The van der Waals surface area contributed by atoms with Gasteiger partial charge in [0, 0.05) is 18.4 Å². The minimum absolute atomic E-state index is 0.0264. The Morgan fingerprint density at radius 3 is 2.63 bits per heavy atom. The topological polar surface area (TPSA) is 63.6 Å². The molecule has 0 radical (unpaired) electrons. The molecule has 0 bridgehead atoms. The van der Waals surface area contributed by atoms with Crippen molar-refractivity contribution in [1.29, 1.82) is 0 Å². The molecule has 0 saturated heterocycles. The molecule has 0 fully saturated rings. The highest BCUT2D eigenvalue weighted by Gasteiger charge is 2.23. The number of phenols is 1. The lowest BCUT2D eigenvalue weighted by Crippen LogP contribution is -2.17. The van der Waals surface area contributed by atoms with Crippen molar-refractivity contribution in [1.82, 2.24) is 0 Å². The molecule has 0 aliphatic heterocycles. The average Bonchev–Trinajstić information content (AvgIpc) is 2.67. The molecule has 0 heterocycles. The van der Waals surface area contributed by atoms with Crippen molar-refractivity contribution in [3.63, 3.8) is 0 Å². The van der Waals surface area contributed by atoms with Crippen molar-refractivity contribution in [3.05, 3.63) is 83.5 Å². The van der Waals surface area contributed by atoms with Crippen LogP contribution in [0.1, 0.15) is 35.7 Å². The lowest BCUT2D eigenvalue weighted by Gasteiger charge is -2.22. The van der Waals surface area contributed by atoms with Crippen LogP contribution >= 0.6 is 0 Å². The predicted molar refractivity (Wildman–Crippen MR) is 104 cm³/mol. The standard InChI is InChI=1S/C23H22O4/c1-15-11-12-18(14-21(15)25)16(2)13-19-20(24)9-6-10-22(19)27-23(26)17-7-4-3-5-8-17/h3-11,18,24H,2,12-14H2,1H3/t18-/m1/s1. The van der Waals surface area contributed by atoms with E-state index in [1.807, 2.05) is 19.1 Å². The van der Waals surface area contributed by atoms with Gasteiger partial charge in [-0.1, -0.05) is 42.5 Å². The Hall–Kier alpha value is -3.14. The van der Waals surface area contributed by atoms with E-state index in [9.17, 15) is 14.7 Å². The van der Waals surface area contributed by atoms with E-state index in [0.717, 1.165) is 17.6 Å². The minimum atomic E-state index is -0.487. The Kier molecular flexibility index (Phi) is 5.55. The first-order valence-electron chi connectivity index (χ1n) is 8.91. The molecular weight excluding hydrogens is 340 g/mol. The number of hydrogen-bond acceptors (Lipinski definition) is 4. The van der Waals surface area contributed by atoms with Gasteiger partial charge in [0.15, 0.2) is 5.78 Å². The van der Waals surface area contributed by atoms with Gasteiger partial charge in [0.05, 0.1) is 5.56 Å². The van der Waals surface area contributed by atoms with Gasteiger partial charge in [0.1, 0.15) is 11.5 Å². The first-order chi connectivity index (χ1) is 13.0. The first kappa shape index (κ1) is 18.6. The molecule has 2 aromatic carbocycles. The molecule has 1 N–H and O–H groups in total. The third-order valence-electron chi connectivity index (χ3n) is 4.88. The predicted octanol–water partition coefficient (Wildman–Crippen LogP) is 4.64. The number of ether oxygens (including phenoxy) is 1. The van der Waals surface area contributed by atoms with E-state index in [1.54, 1.807) is 42.5 Å². The Morgan fingerprint density at radius 2 is 1.93 bits per heavy atom. The summed E-state index contributed by atoms with van der Waals surface area (Å²) < 4.78 is 5.52. The van der Waals surface area contributed by atoms with Gasteiger partial charge in [-0.15, -0.1) is 0 Å². The summed E-state index contributed by atoms with van der Waals surface area (Å²) in [7, 11) is 0. The fraction of sp³-hybridized carbons (Fsp3) is 0.217. The minimum Gasteiger partial charge on any atom is -0.508 e. The maximum absolute atomic E-state index is 12.4. The fourth-order valence-corrected chi connectivity index (χ4v) is 3.14. The number of carbonyl (C=O) groups is 2. The maximum Gasteiger partial charge on any atom is 0.343 e. The van der Waals surface area contributed by atoms with Crippen LogP contribution in [-0.2, 0) is 11.2 Å². The van der Waals surface area contributed by atoms with Gasteiger partial charge < -0.3 is 9.84 Å². The van der Waals surface area contributed by atoms with Crippen molar-refractivity contribution in [2.24, 2.45) is 5.92 Å². The summed E-state index contributed by atoms with van der Waals surface area (Å²) in [5, 5.41) is 10.3. The van der Waals surface area contributed by atoms with Crippen LogP contribution in [0.4, 0.5) is 0 Å². The van der Waals surface area contributed by atoms with Crippen LogP contribution < -0.4 is 4.74 Å². The third kappa shape index (κ3) is 4.34. The second-order valence-electron chi connectivity index (χ2n) is 6.79. The van der Waals surface area contributed by atoms with Crippen LogP contribution in [0.5, 0.6) is 11.5 Å². The lowest BCUT2D eigenvalue weighted by molar-refractivity contribution is -0.116. The number of phenolic OH excluding ortho intramolecular Hbond substituents is 1. The van der Waals surface area contributed by atoms with E-state index in [2.05, 4.69) is 6.58 Å². The molecule has 27 heavy (non-hydrogen) atoms. The number of carbonyl (C=O) groups excluding carboxylic acids is 2. The Morgan fingerprint density at radius 1 is 1.19 bits per heavy atom. The van der Waals surface area contributed by atoms with E-state index in [4.69, 9.17) is 4.74 Å². The monoisotopic (exact) mass is 362 g/mol. The molecular formula is C23H22O4. The summed E-state index contributed by atoms with van der Waals surface area (Å²) >= 11 is 0. The second kappa shape index (κ2) is 8.04. The van der Waals surface area contributed by atoms with Crippen molar-refractivity contribution < 1.29 is 19.4 Å². The zero-order valence-electron chi connectivity index (χ0n) is 15.3. The number of ketones is 1. The van der Waals surface area contributed by atoms with Crippen molar-refractivity contribution >= 4 is 11.8 Å². The van der Waals surface area contributed by atoms with Crippen LogP contribution in [0, 0.1) is 5.92 Å². The number of rotatable bonds is 5. The van der Waals surface area contributed by atoms with Crippen LogP contribution in [-0.4, -0.2) is 16.9 Å². The van der Waals surface area contributed by atoms with Gasteiger partial charge in [-0.25, -0.2) is 4.79 Å². The lowest BCUT2D eigenvalue weighted by atomic mass is 9.82. The SMILES string of the molecule is C=C(Cc1c(O)cccc1OC(=O)c1ccccc1)[C@@H]1CC=C(C)C(=O)C1. The normalized spacial score (nSPS) is 16.6. The largest absolute Gasteiger partial charge is 0.508 e. The van der Waals surface area contributed by atoms with Gasteiger partial charge in [-0.3, -0.25) is 4.79 Å². The number of hydrogen-bond donors (Lipinski definition) is 1. The number of aromatic hydroxyl groups is 1. The van der Waals surface area contributed by atoms with Gasteiger partial charge in [0.25, 0.3) is 0 Å². The summed E-state index contributed by atoms with van der Waals surface area (Å²) in [5.74, 6) is 0.0144. The van der Waals surface area contributed by atoms with Crippen LogP contribution in [0.15, 0.2) is 72.3 Å². The van der Waals surface area contributed by atoms with Gasteiger partial charge in [-0.2, -0.15) is 0 Å². The summed E-state index contributed by atoms with van der Waals surface area (Å²) in [4.78, 5) is 24.3. The average molecular weight is 362 g/mol. The van der Waals surface area contributed by atoms with Gasteiger partial charge in [-0.05, 0) is 49.1 Å². The highest BCUT2D eigenvalue weighted by molar-refractivity contribution is 5.96. The fourth-order valence-electron chi connectivity index (χ4n) is 3.14. The molecule has 1 aliphatic rings. The Labute approximate surface area is 158 Å². The summed E-state index contributed by atoms with van der Waals surface area (Å²) in [6, 6.07) is 13.5. The molecule has 0 aromatic heterocycles. The summed E-state index contributed by atoms with van der Waals surface area (Å²) in [6.45, 7) is 5.94. The van der Waals surface area contributed by atoms with Crippen LogP contribution in [0.3, 0.4) is 0 Å². The third-order valence-corrected chi connectivity index (χ3v) is 4.88.